The summed E-state index contributed by atoms with van der Waals surface area (Å²) in [6, 6.07) is 8.53. The number of ether oxygens (including phenoxy) is 1. The molecule has 0 bridgehead atoms. The van der Waals surface area contributed by atoms with Gasteiger partial charge in [0.2, 0.25) is 0 Å². The molecular formula is C17H25N3O. The summed E-state index contributed by atoms with van der Waals surface area (Å²) in [6.45, 7) is 0.828. The van der Waals surface area contributed by atoms with Gasteiger partial charge in [-0.2, -0.15) is 0 Å². The van der Waals surface area contributed by atoms with Crippen molar-refractivity contribution in [1.29, 1.82) is 0 Å². The number of anilines is 1. The zero-order chi connectivity index (χ0) is 14.7. The van der Waals surface area contributed by atoms with Crippen molar-refractivity contribution < 1.29 is 4.74 Å². The Morgan fingerprint density at radius 2 is 1.90 bits per heavy atom. The van der Waals surface area contributed by atoms with Crippen LogP contribution in [0.15, 0.2) is 29.3 Å². The lowest BCUT2D eigenvalue weighted by molar-refractivity contribution is 0.322. The van der Waals surface area contributed by atoms with Gasteiger partial charge in [0.1, 0.15) is 5.75 Å². The molecule has 0 spiro atoms. The van der Waals surface area contributed by atoms with Crippen LogP contribution >= 0.6 is 0 Å². The van der Waals surface area contributed by atoms with Gasteiger partial charge in [-0.3, -0.25) is 4.99 Å². The second kappa shape index (κ2) is 6.37. The zero-order valence-corrected chi connectivity index (χ0v) is 12.8. The zero-order valence-electron chi connectivity index (χ0n) is 12.8. The molecule has 1 aliphatic heterocycles. The number of hydrogen-bond donors (Lipinski definition) is 1. The van der Waals surface area contributed by atoms with Gasteiger partial charge in [0.25, 0.3) is 0 Å². The minimum Gasteiger partial charge on any atom is -0.497 e. The molecule has 1 aromatic carbocycles. The summed E-state index contributed by atoms with van der Waals surface area (Å²) < 4.78 is 5.23. The van der Waals surface area contributed by atoms with E-state index < -0.39 is 0 Å². The average Bonchev–Trinajstić information content (AvgIpc) is 2.89. The number of guanidine groups is 1. The molecule has 3 rings (SSSR count). The number of nitrogens with zero attached hydrogens (tertiary/aromatic N) is 2. The van der Waals surface area contributed by atoms with Crippen molar-refractivity contribution in [3.63, 3.8) is 0 Å². The second-order valence-electron chi connectivity index (χ2n) is 6.16. The van der Waals surface area contributed by atoms with Gasteiger partial charge in [-0.25, -0.2) is 0 Å². The van der Waals surface area contributed by atoms with E-state index in [0.717, 1.165) is 23.9 Å². The molecule has 0 amide bonds. The lowest BCUT2D eigenvalue weighted by atomic mass is 9.84. The molecule has 21 heavy (non-hydrogen) atoms. The first-order valence-electron chi connectivity index (χ1n) is 8.01. The Hall–Kier alpha value is -1.71. The highest BCUT2D eigenvalue weighted by atomic mass is 16.5. The van der Waals surface area contributed by atoms with Gasteiger partial charge in [0, 0.05) is 5.69 Å². The van der Waals surface area contributed by atoms with Crippen molar-refractivity contribution in [2.45, 2.75) is 44.6 Å². The van der Waals surface area contributed by atoms with E-state index in [1.807, 2.05) is 12.1 Å². The highest BCUT2D eigenvalue weighted by Crippen LogP contribution is 2.32. The lowest BCUT2D eigenvalue weighted by Gasteiger charge is -2.31. The van der Waals surface area contributed by atoms with Crippen LogP contribution in [0.2, 0.25) is 0 Å². The van der Waals surface area contributed by atoms with E-state index in [2.05, 4.69) is 22.0 Å². The van der Waals surface area contributed by atoms with Crippen molar-refractivity contribution >= 4 is 11.6 Å². The van der Waals surface area contributed by atoms with Crippen LogP contribution in [0.1, 0.15) is 38.5 Å². The Bertz CT molecular complexity index is 491. The van der Waals surface area contributed by atoms with Crippen LogP contribution < -0.4 is 15.4 Å². The second-order valence-corrected chi connectivity index (χ2v) is 6.16. The maximum absolute atomic E-state index is 6.12. The van der Waals surface area contributed by atoms with Crippen molar-refractivity contribution in [3.8, 4) is 5.75 Å². The molecule has 2 N–H and O–H groups in total. The first-order valence-corrected chi connectivity index (χ1v) is 8.01. The smallest absolute Gasteiger partial charge is 0.196 e. The summed E-state index contributed by atoms with van der Waals surface area (Å²) in [4.78, 5) is 6.67. The molecule has 1 fully saturated rings. The van der Waals surface area contributed by atoms with Gasteiger partial charge >= 0.3 is 0 Å². The van der Waals surface area contributed by atoms with Crippen molar-refractivity contribution in [2.75, 3.05) is 18.6 Å². The first kappa shape index (κ1) is 14.2. The number of aliphatic imine (C=N–C) groups is 1. The van der Waals surface area contributed by atoms with Gasteiger partial charge < -0.3 is 15.4 Å². The van der Waals surface area contributed by atoms with Gasteiger partial charge in [-0.15, -0.1) is 0 Å². The third kappa shape index (κ3) is 3.14. The largest absolute Gasteiger partial charge is 0.497 e. The molecule has 114 valence electrons. The van der Waals surface area contributed by atoms with Crippen LogP contribution in [0.25, 0.3) is 0 Å². The van der Waals surface area contributed by atoms with E-state index in [9.17, 15) is 0 Å². The molecule has 2 aliphatic rings. The van der Waals surface area contributed by atoms with E-state index in [4.69, 9.17) is 10.5 Å². The number of nitrogens with two attached hydrogens (primary N) is 1. The Morgan fingerprint density at radius 3 is 2.57 bits per heavy atom. The van der Waals surface area contributed by atoms with Crippen LogP contribution in [0.3, 0.4) is 0 Å². The summed E-state index contributed by atoms with van der Waals surface area (Å²) in [5.74, 6) is 2.36. The molecule has 4 heteroatoms. The molecule has 1 aliphatic carbocycles. The molecule has 1 heterocycles. The molecule has 0 aromatic heterocycles. The van der Waals surface area contributed by atoms with Crippen molar-refractivity contribution in [3.05, 3.63) is 24.3 Å². The van der Waals surface area contributed by atoms with Crippen molar-refractivity contribution in [1.82, 2.24) is 0 Å². The third-order valence-corrected chi connectivity index (χ3v) is 4.76. The fourth-order valence-corrected chi connectivity index (χ4v) is 3.62. The minimum atomic E-state index is 0.418. The van der Waals surface area contributed by atoms with Gasteiger partial charge in [0.05, 0.1) is 19.7 Å². The van der Waals surface area contributed by atoms with Crippen LogP contribution in [0, 0.1) is 5.92 Å². The number of rotatable bonds is 4. The van der Waals surface area contributed by atoms with E-state index in [1.54, 1.807) is 7.11 Å². The minimum absolute atomic E-state index is 0.418. The van der Waals surface area contributed by atoms with Gasteiger partial charge in [-0.05, 0) is 36.6 Å². The normalized spacial score (nSPS) is 23.2. The SMILES string of the molecule is COc1ccc(N2C(N)=NCC2CC2CCCCC2)cc1. The molecule has 4 nitrogen and oxygen atoms in total. The number of benzene rings is 1. The fourth-order valence-electron chi connectivity index (χ4n) is 3.62. The molecule has 1 atom stereocenters. The fraction of sp³-hybridized carbons (Fsp3) is 0.588. The quantitative estimate of drug-likeness (QED) is 0.925. The Kier molecular flexibility index (Phi) is 4.32. The van der Waals surface area contributed by atoms with Crippen LogP contribution in [-0.2, 0) is 0 Å². The summed E-state index contributed by atoms with van der Waals surface area (Å²) in [6.07, 6.45) is 8.12. The van der Waals surface area contributed by atoms with Gasteiger partial charge in [0.15, 0.2) is 5.96 Å². The average molecular weight is 287 g/mol. The Balaban J connectivity index is 1.71. The summed E-state index contributed by atoms with van der Waals surface area (Å²) in [7, 11) is 1.69. The summed E-state index contributed by atoms with van der Waals surface area (Å²) in [5.41, 5.74) is 7.24. The molecule has 1 aromatic rings. The van der Waals surface area contributed by atoms with Crippen molar-refractivity contribution in [2.24, 2.45) is 16.6 Å². The predicted octanol–water partition coefficient (Wildman–Crippen LogP) is 3.17. The van der Waals surface area contributed by atoms with E-state index in [1.165, 1.54) is 38.5 Å². The van der Waals surface area contributed by atoms with Gasteiger partial charge in [-0.1, -0.05) is 32.1 Å². The molecule has 0 saturated heterocycles. The maximum atomic E-state index is 6.12. The summed E-state index contributed by atoms with van der Waals surface area (Å²) in [5, 5.41) is 0. The lowest BCUT2D eigenvalue weighted by Crippen LogP contribution is -2.42. The molecular weight excluding hydrogens is 262 g/mol. The van der Waals surface area contributed by atoms with E-state index in [0.29, 0.717) is 12.0 Å². The monoisotopic (exact) mass is 287 g/mol. The van der Waals surface area contributed by atoms with Crippen LogP contribution in [0.4, 0.5) is 5.69 Å². The topological polar surface area (TPSA) is 50.9 Å². The highest BCUT2D eigenvalue weighted by molar-refractivity contribution is 5.97. The number of hydrogen-bond acceptors (Lipinski definition) is 4. The van der Waals surface area contributed by atoms with E-state index in [-0.39, 0.29) is 0 Å². The standard InChI is InChI=1S/C17H25N3O/c1-21-16-9-7-14(8-10-16)20-15(12-19-17(20)18)11-13-5-3-2-4-6-13/h7-10,13,15H,2-6,11-12H2,1H3,(H2,18,19). The maximum Gasteiger partial charge on any atom is 0.196 e. The third-order valence-electron chi connectivity index (χ3n) is 4.76. The predicted molar refractivity (Wildman–Crippen MR) is 86.9 cm³/mol. The summed E-state index contributed by atoms with van der Waals surface area (Å²) >= 11 is 0. The molecule has 1 saturated carbocycles. The van der Waals surface area contributed by atoms with Crippen LogP contribution in [0.5, 0.6) is 5.75 Å². The highest BCUT2D eigenvalue weighted by Gasteiger charge is 2.30. The van der Waals surface area contributed by atoms with E-state index >= 15 is 0 Å². The molecule has 1 unspecified atom stereocenters. The Labute approximate surface area is 127 Å². The Morgan fingerprint density at radius 1 is 1.19 bits per heavy atom. The van der Waals surface area contributed by atoms with Crippen LogP contribution in [-0.4, -0.2) is 25.7 Å². The molecule has 0 radical (unpaired) electrons. The number of methoxy groups -OCH3 is 1. The first-order chi connectivity index (χ1) is 10.3.